The summed E-state index contributed by atoms with van der Waals surface area (Å²) in [6.07, 6.45) is 0. The molecule has 0 fully saturated rings. The van der Waals surface area contributed by atoms with Gasteiger partial charge in [0.2, 0.25) is 0 Å². The Hall–Kier alpha value is -2.08. The van der Waals surface area contributed by atoms with Gasteiger partial charge in [0.1, 0.15) is 0 Å². The fourth-order valence-electron chi connectivity index (χ4n) is 2.67. The molecule has 2 bridgehead atoms. The molecule has 74 valence electrons. The van der Waals surface area contributed by atoms with Gasteiger partial charge in [0.25, 0.3) is 0 Å². The van der Waals surface area contributed by atoms with Crippen LogP contribution >= 0.6 is 0 Å². The number of hydrogen-bond donors (Lipinski definition) is 0. The first-order valence-electron chi connectivity index (χ1n) is 5.56. The van der Waals surface area contributed by atoms with Gasteiger partial charge < -0.3 is 0 Å². The molecular weight excluding hydrogens is 192 g/mol. The van der Waals surface area contributed by atoms with E-state index in [-0.39, 0.29) is 0 Å². The predicted octanol–water partition coefficient (Wildman–Crippen LogP) is 4.49. The Morgan fingerprint density at radius 1 is 0.625 bits per heavy atom. The van der Waals surface area contributed by atoms with Crippen LogP contribution in [0.4, 0.5) is 0 Å². The summed E-state index contributed by atoms with van der Waals surface area (Å²) in [6, 6.07) is 21.8. The maximum absolute atomic E-state index is 2.27. The van der Waals surface area contributed by atoms with Crippen LogP contribution in [-0.2, 0) is 0 Å². The fraction of sp³-hybridized carbons (Fsp3) is 0. The average Bonchev–Trinajstić information content (AvgIpc) is 2.61. The molecule has 0 saturated carbocycles. The molecule has 0 amide bonds. The van der Waals surface area contributed by atoms with Crippen molar-refractivity contribution in [3.05, 3.63) is 60.7 Å². The Morgan fingerprint density at radius 3 is 2.50 bits per heavy atom. The highest BCUT2D eigenvalue weighted by atomic mass is 14.2. The van der Waals surface area contributed by atoms with Gasteiger partial charge in [0, 0.05) is 0 Å². The lowest BCUT2D eigenvalue weighted by molar-refractivity contribution is 1.75. The highest BCUT2D eigenvalue weighted by Gasteiger charge is 2.17. The SMILES string of the molecule is c1cc2cc(c1)-c1c-2ccc2ccccc12. The van der Waals surface area contributed by atoms with Crippen LogP contribution in [0.3, 0.4) is 0 Å². The molecule has 0 heteroatoms. The van der Waals surface area contributed by atoms with Crippen LogP contribution in [0.25, 0.3) is 33.0 Å². The Balaban J connectivity index is 2.25. The predicted molar refractivity (Wildman–Crippen MR) is 68.4 cm³/mol. The quantitative estimate of drug-likeness (QED) is 0.394. The van der Waals surface area contributed by atoms with E-state index >= 15 is 0 Å². The molecule has 0 heterocycles. The van der Waals surface area contributed by atoms with Gasteiger partial charge >= 0.3 is 0 Å². The number of benzene rings is 3. The van der Waals surface area contributed by atoms with Gasteiger partial charge in [0.15, 0.2) is 0 Å². The van der Waals surface area contributed by atoms with Crippen LogP contribution in [0.2, 0.25) is 0 Å². The zero-order valence-electron chi connectivity index (χ0n) is 8.77. The van der Waals surface area contributed by atoms with Crippen molar-refractivity contribution in [1.82, 2.24) is 0 Å². The minimum atomic E-state index is 1.32. The van der Waals surface area contributed by atoms with E-state index in [4.69, 9.17) is 0 Å². The summed E-state index contributed by atoms with van der Waals surface area (Å²) in [5.74, 6) is 0. The second-order valence-corrected chi connectivity index (χ2v) is 4.29. The van der Waals surface area contributed by atoms with Gasteiger partial charge in [-0.3, -0.25) is 0 Å². The van der Waals surface area contributed by atoms with Crippen LogP contribution in [0.1, 0.15) is 0 Å². The Labute approximate surface area is 94.2 Å². The molecule has 1 aliphatic carbocycles. The maximum atomic E-state index is 2.27. The van der Waals surface area contributed by atoms with Crippen molar-refractivity contribution < 1.29 is 0 Å². The molecule has 0 unspecified atom stereocenters. The van der Waals surface area contributed by atoms with E-state index in [1.807, 2.05) is 0 Å². The molecule has 0 radical (unpaired) electrons. The molecule has 0 spiro atoms. The van der Waals surface area contributed by atoms with E-state index < -0.39 is 0 Å². The normalized spacial score (nSPS) is 11.8. The van der Waals surface area contributed by atoms with Crippen molar-refractivity contribution in [1.29, 1.82) is 0 Å². The molecule has 16 heavy (non-hydrogen) atoms. The molecule has 4 rings (SSSR count). The van der Waals surface area contributed by atoms with Crippen molar-refractivity contribution in [2.45, 2.75) is 0 Å². The van der Waals surface area contributed by atoms with Gasteiger partial charge in [-0.25, -0.2) is 0 Å². The van der Waals surface area contributed by atoms with E-state index in [9.17, 15) is 0 Å². The Morgan fingerprint density at radius 2 is 1.50 bits per heavy atom. The lowest BCUT2D eigenvalue weighted by atomic mass is 9.98. The molecule has 3 aromatic carbocycles. The second-order valence-electron chi connectivity index (χ2n) is 4.29. The minimum Gasteiger partial charge on any atom is -0.0616 e. The smallest absolute Gasteiger partial charge is 0.00266 e. The third-order valence-corrected chi connectivity index (χ3v) is 3.39. The van der Waals surface area contributed by atoms with E-state index in [1.165, 1.54) is 33.0 Å². The van der Waals surface area contributed by atoms with E-state index in [2.05, 4.69) is 60.7 Å². The number of rotatable bonds is 0. The highest BCUT2D eigenvalue weighted by molar-refractivity contribution is 6.07. The minimum absolute atomic E-state index is 1.32. The first-order valence-corrected chi connectivity index (χ1v) is 5.56. The third-order valence-electron chi connectivity index (χ3n) is 3.39. The molecule has 3 aromatic rings. The van der Waals surface area contributed by atoms with Gasteiger partial charge in [-0.1, -0.05) is 54.6 Å². The van der Waals surface area contributed by atoms with Crippen LogP contribution in [0, 0.1) is 0 Å². The highest BCUT2D eigenvalue weighted by Crippen LogP contribution is 2.43. The van der Waals surface area contributed by atoms with Gasteiger partial charge in [-0.2, -0.15) is 0 Å². The summed E-state index contributed by atoms with van der Waals surface area (Å²) < 4.78 is 0. The fourth-order valence-corrected chi connectivity index (χ4v) is 2.67. The van der Waals surface area contributed by atoms with Crippen molar-refractivity contribution in [2.75, 3.05) is 0 Å². The molecule has 0 N–H and O–H groups in total. The third kappa shape index (κ3) is 0.892. The summed E-state index contributed by atoms with van der Waals surface area (Å²) in [7, 11) is 0. The average molecular weight is 202 g/mol. The summed E-state index contributed by atoms with van der Waals surface area (Å²) >= 11 is 0. The molecule has 0 aromatic heterocycles. The summed E-state index contributed by atoms with van der Waals surface area (Å²) in [4.78, 5) is 0. The summed E-state index contributed by atoms with van der Waals surface area (Å²) in [5, 5.41) is 2.69. The molecule has 1 aliphatic rings. The zero-order chi connectivity index (χ0) is 10.5. The van der Waals surface area contributed by atoms with E-state index in [0.717, 1.165) is 0 Å². The van der Waals surface area contributed by atoms with Gasteiger partial charge in [0.05, 0.1) is 0 Å². The zero-order valence-corrected chi connectivity index (χ0v) is 8.77. The van der Waals surface area contributed by atoms with Crippen molar-refractivity contribution in [3.63, 3.8) is 0 Å². The Bertz CT molecular complexity index is 708. The lowest BCUT2D eigenvalue weighted by Gasteiger charge is -2.05. The monoisotopic (exact) mass is 202 g/mol. The van der Waals surface area contributed by atoms with Crippen LogP contribution in [0.5, 0.6) is 0 Å². The topological polar surface area (TPSA) is 0 Å². The summed E-state index contributed by atoms with van der Waals surface area (Å²) in [5.41, 5.74) is 5.47. The van der Waals surface area contributed by atoms with E-state index in [0.29, 0.717) is 0 Å². The molecule has 0 nitrogen and oxygen atoms in total. The van der Waals surface area contributed by atoms with Crippen molar-refractivity contribution in [2.24, 2.45) is 0 Å². The number of fused-ring (bicyclic) bond motifs is 7. The maximum Gasteiger partial charge on any atom is -0.00266 e. The van der Waals surface area contributed by atoms with Gasteiger partial charge in [-0.05, 0) is 39.1 Å². The van der Waals surface area contributed by atoms with Crippen LogP contribution in [-0.4, -0.2) is 0 Å². The molecular formula is C16H10. The van der Waals surface area contributed by atoms with Crippen LogP contribution < -0.4 is 0 Å². The van der Waals surface area contributed by atoms with Crippen LogP contribution in [0.15, 0.2) is 60.7 Å². The standard InChI is InChI=1S/C16H10/c1-2-7-14-11(4-1)8-9-15-12-5-3-6-13(10-12)16(14)15/h1-10H. The largest absolute Gasteiger partial charge is 0.0616 e. The number of hydrogen-bond acceptors (Lipinski definition) is 0. The summed E-state index contributed by atoms with van der Waals surface area (Å²) in [6.45, 7) is 0. The molecule has 0 atom stereocenters. The van der Waals surface area contributed by atoms with Gasteiger partial charge in [-0.15, -0.1) is 0 Å². The first kappa shape index (κ1) is 8.12. The second kappa shape index (κ2) is 2.73. The molecule has 0 aliphatic heterocycles. The Kier molecular flexibility index (Phi) is 1.39. The van der Waals surface area contributed by atoms with Crippen molar-refractivity contribution >= 4 is 10.8 Å². The first-order chi connectivity index (χ1) is 7.93. The van der Waals surface area contributed by atoms with Crippen molar-refractivity contribution in [3.8, 4) is 22.3 Å². The molecule has 0 saturated heterocycles. The lowest BCUT2D eigenvalue weighted by Crippen LogP contribution is -1.79. The van der Waals surface area contributed by atoms with E-state index in [1.54, 1.807) is 0 Å².